The second kappa shape index (κ2) is 7.98. The second-order valence-corrected chi connectivity index (χ2v) is 6.63. The highest BCUT2D eigenvalue weighted by atomic mass is 16.2. The summed E-state index contributed by atoms with van der Waals surface area (Å²) in [5.74, 6) is -0.313. The molecule has 0 spiro atoms. The van der Waals surface area contributed by atoms with Gasteiger partial charge in [-0.15, -0.1) is 0 Å². The van der Waals surface area contributed by atoms with Crippen LogP contribution in [-0.4, -0.2) is 30.9 Å². The lowest BCUT2D eigenvalue weighted by Gasteiger charge is -2.21. The van der Waals surface area contributed by atoms with E-state index in [1.165, 1.54) is 4.90 Å². The standard InChI is InChI=1S/C23H20N4O2/c1-27-19-15-9-8-14-18(19)20(16-10-4-2-5-11-16)25-21(22(27)28)26-23(29)24-17-12-6-3-7-13-17/h2-15,21H,1H3,(H2,24,26,29)/t21-/m0/s1. The number of amides is 3. The third kappa shape index (κ3) is 3.87. The van der Waals surface area contributed by atoms with E-state index in [2.05, 4.69) is 15.6 Å². The van der Waals surface area contributed by atoms with Gasteiger partial charge in [-0.3, -0.25) is 4.79 Å². The lowest BCUT2D eigenvalue weighted by molar-refractivity contribution is -0.119. The third-order valence-corrected chi connectivity index (χ3v) is 4.69. The van der Waals surface area contributed by atoms with Crippen LogP contribution in [0.15, 0.2) is 89.9 Å². The molecule has 29 heavy (non-hydrogen) atoms. The van der Waals surface area contributed by atoms with Crippen molar-refractivity contribution in [2.24, 2.45) is 4.99 Å². The van der Waals surface area contributed by atoms with Crippen LogP contribution in [0.25, 0.3) is 0 Å². The number of para-hydroxylation sites is 2. The zero-order valence-electron chi connectivity index (χ0n) is 15.9. The van der Waals surface area contributed by atoms with Gasteiger partial charge in [-0.05, 0) is 18.2 Å². The van der Waals surface area contributed by atoms with Gasteiger partial charge in [0.25, 0.3) is 5.91 Å². The van der Waals surface area contributed by atoms with Gasteiger partial charge in [0, 0.05) is 23.9 Å². The highest BCUT2D eigenvalue weighted by molar-refractivity contribution is 6.20. The Balaban J connectivity index is 1.70. The van der Waals surface area contributed by atoms with Gasteiger partial charge in [0.2, 0.25) is 6.17 Å². The van der Waals surface area contributed by atoms with Crippen LogP contribution < -0.4 is 15.5 Å². The topological polar surface area (TPSA) is 73.8 Å². The molecule has 3 amide bonds. The molecule has 6 heteroatoms. The van der Waals surface area contributed by atoms with Crippen LogP contribution >= 0.6 is 0 Å². The lowest BCUT2D eigenvalue weighted by atomic mass is 10.0. The zero-order chi connectivity index (χ0) is 20.2. The maximum atomic E-state index is 13.0. The van der Waals surface area contributed by atoms with Gasteiger partial charge in [0.05, 0.1) is 11.4 Å². The van der Waals surface area contributed by atoms with Crippen molar-refractivity contribution in [2.45, 2.75) is 6.17 Å². The minimum atomic E-state index is -1.05. The molecule has 0 aromatic heterocycles. The molecule has 0 radical (unpaired) electrons. The van der Waals surface area contributed by atoms with E-state index in [9.17, 15) is 9.59 Å². The van der Waals surface area contributed by atoms with E-state index in [1.807, 2.05) is 72.8 Å². The molecule has 4 rings (SSSR count). The first-order valence-electron chi connectivity index (χ1n) is 9.26. The summed E-state index contributed by atoms with van der Waals surface area (Å²) >= 11 is 0. The molecule has 1 heterocycles. The van der Waals surface area contributed by atoms with Crippen molar-refractivity contribution in [3.8, 4) is 0 Å². The van der Waals surface area contributed by atoms with E-state index in [0.717, 1.165) is 16.8 Å². The normalized spacial score (nSPS) is 15.8. The van der Waals surface area contributed by atoms with Gasteiger partial charge in [0.1, 0.15) is 0 Å². The van der Waals surface area contributed by atoms with Crippen LogP contribution in [0.5, 0.6) is 0 Å². The second-order valence-electron chi connectivity index (χ2n) is 6.63. The van der Waals surface area contributed by atoms with E-state index in [4.69, 9.17) is 0 Å². The van der Waals surface area contributed by atoms with Crippen LogP contribution in [0, 0.1) is 0 Å². The van der Waals surface area contributed by atoms with Crippen LogP contribution in [0.4, 0.5) is 16.2 Å². The fourth-order valence-corrected chi connectivity index (χ4v) is 3.26. The van der Waals surface area contributed by atoms with Crippen molar-refractivity contribution >= 4 is 29.0 Å². The van der Waals surface area contributed by atoms with Crippen LogP contribution in [0.2, 0.25) is 0 Å². The number of anilines is 2. The Morgan fingerprint density at radius 1 is 0.897 bits per heavy atom. The van der Waals surface area contributed by atoms with Crippen molar-refractivity contribution in [3.63, 3.8) is 0 Å². The number of nitrogens with zero attached hydrogens (tertiary/aromatic N) is 2. The maximum absolute atomic E-state index is 13.0. The number of carbonyl (C=O) groups excluding carboxylic acids is 2. The molecule has 1 atom stereocenters. The summed E-state index contributed by atoms with van der Waals surface area (Å²) in [5.41, 5.74) is 3.74. The average molecular weight is 384 g/mol. The molecule has 144 valence electrons. The molecule has 0 aliphatic carbocycles. The number of likely N-dealkylation sites (N-methyl/N-ethyl adjacent to an activating group) is 1. The molecular weight excluding hydrogens is 364 g/mol. The number of carbonyl (C=O) groups is 2. The van der Waals surface area contributed by atoms with Gasteiger partial charge < -0.3 is 15.5 Å². The summed E-state index contributed by atoms with van der Waals surface area (Å²) in [6.45, 7) is 0. The minimum absolute atomic E-state index is 0.313. The van der Waals surface area contributed by atoms with Crippen LogP contribution in [0.1, 0.15) is 11.1 Å². The quantitative estimate of drug-likeness (QED) is 0.723. The SMILES string of the molecule is CN1C(=O)[C@H](NC(=O)Nc2ccccc2)N=C(c2ccccc2)c2ccccc21. The summed E-state index contributed by atoms with van der Waals surface area (Å²) in [4.78, 5) is 31.7. The first-order chi connectivity index (χ1) is 14.1. The Bertz CT molecular complexity index is 1060. The molecule has 3 aromatic carbocycles. The molecular formula is C23H20N4O2. The Morgan fingerprint density at radius 3 is 2.24 bits per heavy atom. The number of fused-ring (bicyclic) bond motifs is 1. The number of benzodiazepines with no additional fused rings is 1. The van der Waals surface area contributed by atoms with E-state index in [1.54, 1.807) is 19.2 Å². The van der Waals surface area contributed by atoms with Gasteiger partial charge in [-0.25, -0.2) is 9.79 Å². The maximum Gasteiger partial charge on any atom is 0.321 e. The smallest absolute Gasteiger partial charge is 0.311 e. The molecule has 0 unspecified atom stereocenters. The van der Waals surface area contributed by atoms with Crippen molar-refractivity contribution in [2.75, 3.05) is 17.3 Å². The van der Waals surface area contributed by atoms with Crippen LogP contribution in [0.3, 0.4) is 0 Å². The Morgan fingerprint density at radius 2 is 1.52 bits per heavy atom. The molecule has 2 N–H and O–H groups in total. The minimum Gasteiger partial charge on any atom is -0.311 e. The summed E-state index contributed by atoms with van der Waals surface area (Å²) in [6, 6.07) is 25.8. The first kappa shape index (κ1) is 18.4. The Labute approximate surface area is 168 Å². The molecule has 6 nitrogen and oxygen atoms in total. The number of hydrogen-bond acceptors (Lipinski definition) is 3. The molecule has 1 aliphatic rings. The lowest BCUT2D eigenvalue weighted by Crippen LogP contribution is -2.47. The number of rotatable bonds is 3. The first-order valence-corrected chi connectivity index (χ1v) is 9.26. The number of urea groups is 1. The molecule has 1 aliphatic heterocycles. The molecule has 0 saturated carbocycles. The molecule has 0 saturated heterocycles. The third-order valence-electron chi connectivity index (χ3n) is 4.69. The van der Waals surface area contributed by atoms with Crippen LogP contribution in [-0.2, 0) is 4.79 Å². The molecule has 0 bridgehead atoms. The molecule has 0 fully saturated rings. The monoisotopic (exact) mass is 384 g/mol. The Kier molecular flexibility index (Phi) is 5.07. The van der Waals surface area contributed by atoms with Gasteiger partial charge in [-0.2, -0.15) is 0 Å². The van der Waals surface area contributed by atoms with Crippen molar-refractivity contribution in [1.82, 2.24) is 5.32 Å². The van der Waals surface area contributed by atoms with E-state index in [-0.39, 0.29) is 5.91 Å². The van der Waals surface area contributed by atoms with Crippen molar-refractivity contribution in [1.29, 1.82) is 0 Å². The predicted molar refractivity (Wildman–Crippen MR) is 114 cm³/mol. The zero-order valence-corrected chi connectivity index (χ0v) is 15.9. The van der Waals surface area contributed by atoms with Gasteiger partial charge in [-0.1, -0.05) is 66.7 Å². The van der Waals surface area contributed by atoms with Gasteiger partial charge in [0.15, 0.2) is 0 Å². The summed E-state index contributed by atoms with van der Waals surface area (Å²) in [5, 5.41) is 5.42. The largest absolute Gasteiger partial charge is 0.321 e. The van der Waals surface area contributed by atoms with E-state index in [0.29, 0.717) is 11.4 Å². The molecule has 3 aromatic rings. The summed E-state index contributed by atoms with van der Waals surface area (Å²) in [6.07, 6.45) is -1.05. The van der Waals surface area contributed by atoms with Crippen molar-refractivity contribution < 1.29 is 9.59 Å². The summed E-state index contributed by atoms with van der Waals surface area (Å²) < 4.78 is 0. The van der Waals surface area contributed by atoms with E-state index < -0.39 is 12.2 Å². The number of benzene rings is 3. The average Bonchev–Trinajstić information content (AvgIpc) is 2.86. The van der Waals surface area contributed by atoms with Gasteiger partial charge >= 0.3 is 6.03 Å². The highest BCUT2D eigenvalue weighted by Crippen LogP contribution is 2.27. The fourth-order valence-electron chi connectivity index (χ4n) is 3.26. The number of aliphatic imine (C=N–C) groups is 1. The predicted octanol–water partition coefficient (Wildman–Crippen LogP) is 3.65. The van der Waals surface area contributed by atoms with E-state index >= 15 is 0 Å². The fraction of sp³-hybridized carbons (Fsp3) is 0.0870. The summed E-state index contributed by atoms with van der Waals surface area (Å²) in [7, 11) is 1.69. The number of nitrogens with one attached hydrogen (secondary N) is 2. The highest BCUT2D eigenvalue weighted by Gasteiger charge is 2.30. The number of hydrogen-bond donors (Lipinski definition) is 2. The van der Waals surface area contributed by atoms with Crippen molar-refractivity contribution in [3.05, 3.63) is 96.1 Å². The Hall–Kier alpha value is -3.93.